The summed E-state index contributed by atoms with van der Waals surface area (Å²) >= 11 is 0. The highest BCUT2D eigenvalue weighted by atomic mass is 16.4. The minimum atomic E-state index is -0.765. The van der Waals surface area contributed by atoms with Crippen molar-refractivity contribution in [3.8, 4) is 0 Å². The normalized spacial score (nSPS) is 26.1. The van der Waals surface area contributed by atoms with E-state index >= 15 is 0 Å². The predicted molar refractivity (Wildman–Crippen MR) is 88.6 cm³/mol. The van der Waals surface area contributed by atoms with Crippen LogP contribution in [0.1, 0.15) is 51.6 Å². The fraction of sp³-hybridized carbons (Fsp3) is 0.647. The number of amides is 2. The van der Waals surface area contributed by atoms with Gasteiger partial charge in [0, 0.05) is 12.0 Å². The number of carboxylic acids is 1. The highest BCUT2D eigenvalue weighted by molar-refractivity contribution is 5.88. The maximum Gasteiger partial charge on any atom is 0.320 e. The van der Waals surface area contributed by atoms with Gasteiger partial charge in [0.1, 0.15) is 0 Å². The summed E-state index contributed by atoms with van der Waals surface area (Å²) in [6.45, 7) is 5.79. The third-order valence-corrected chi connectivity index (χ3v) is 5.53. The lowest BCUT2D eigenvalue weighted by molar-refractivity contribution is -0.160. The molecule has 0 bridgehead atoms. The van der Waals surface area contributed by atoms with Gasteiger partial charge >= 0.3 is 12.0 Å². The van der Waals surface area contributed by atoms with Crippen molar-refractivity contribution in [1.82, 2.24) is 15.5 Å². The van der Waals surface area contributed by atoms with Crippen LogP contribution >= 0.6 is 0 Å². The first-order chi connectivity index (χ1) is 11.3. The average Bonchev–Trinajstić information content (AvgIpc) is 3.31. The first-order valence-electron chi connectivity index (χ1n) is 8.43. The van der Waals surface area contributed by atoms with Crippen LogP contribution in [-0.2, 0) is 4.79 Å². The molecule has 0 spiro atoms. The summed E-state index contributed by atoms with van der Waals surface area (Å²) < 4.78 is 0. The van der Waals surface area contributed by atoms with Crippen LogP contribution in [0.5, 0.6) is 0 Å². The minimum Gasteiger partial charge on any atom is -0.481 e. The van der Waals surface area contributed by atoms with Crippen molar-refractivity contribution in [2.45, 2.75) is 52.0 Å². The fourth-order valence-corrected chi connectivity index (χ4v) is 3.69. The predicted octanol–water partition coefficient (Wildman–Crippen LogP) is 2.61. The van der Waals surface area contributed by atoms with Crippen LogP contribution in [0.15, 0.2) is 12.1 Å². The van der Waals surface area contributed by atoms with Crippen LogP contribution in [0, 0.1) is 17.3 Å². The van der Waals surface area contributed by atoms with Crippen LogP contribution in [0.2, 0.25) is 0 Å². The second kappa shape index (κ2) is 6.03. The molecule has 130 valence electrons. The number of nitrogens with one attached hydrogen (secondary N) is 2. The largest absolute Gasteiger partial charge is 0.481 e. The number of urea groups is 1. The van der Waals surface area contributed by atoms with Crippen LogP contribution in [-0.4, -0.2) is 33.3 Å². The highest BCUT2D eigenvalue weighted by Gasteiger charge is 2.53. The SMILES string of the molecule is CC(NC(=O)Nc1ccc(C2CC2)nn1)[C@@H]1C[C@H](C(=O)O)C1(C)C. The molecular formula is C17H24N4O3. The van der Waals surface area contributed by atoms with Gasteiger partial charge < -0.3 is 10.4 Å². The Kier molecular flexibility index (Phi) is 4.19. The number of aliphatic carboxylic acids is 1. The molecule has 2 saturated carbocycles. The van der Waals surface area contributed by atoms with E-state index in [1.807, 2.05) is 26.8 Å². The Morgan fingerprint density at radius 2 is 2.00 bits per heavy atom. The van der Waals surface area contributed by atoms with Crippen molar-refractivity contribution in [2.24, 2.45) is 17.3 Å². The lowest BCUT2D eigenvalue weighted by Crippen LogP contribution is -2.57. The second-order valence-corrected chi connectivity index (χ2v) is 7.56. The molecule has 24 heavy (non-hydrogen) atoms. The number of hydrogen-bond donors (Lipinski definition) is 3. The molecule has 1 aromatic rings. The van der Waals surface area contributed by atoms with Crippen molar-refractivity contribution in [3.63, 3.8) is 0 Å². The Bertz CT molecular complexity index is 640. The smallest absolute Gasteiger partial charge is 0.320 e. The summed E-state index contributed by atoms with van der Waals surface area (Å²) in [5.41, 5.74) is 0.648. The van der Waals surface area contributed by atoms with Gasteiger partial charge in [0.25, 0.3) is 0 Å². The lowest BCUT2D eigenvalue weighted by atomic mass is 9.53. The molecule has 2 fully saturated rings. The van der Waals surface area contributed by atoms with E-state index in [1.165, 1.54) is 0 Å². The van der Waals surface area contributed by atoms with Gasteiger partial charge in [-0.2, -0.15) is 5.10 Å². The van der Waals surface area contributed by atoms with Crippen LogP contribution < -0.4 is 10.6 Å². The molecule has 0 saturated heterocycles. The number of carboxylic acid groups (broad SMARTS) is 1. The maximum absolute atomic E-state index is 12.1. The molecule has 2 amide bonds. The highest BCUT2D eigenvalue weighted by Crippen LogP contribution is 2.52. The molecule has 0 aliphatic heterocycles. The van der Waals surface area contributed by atoms with E-state index in [2.05, 4.69) is 20.8 Å². The Morgan fingerprint density at radius 3 is 2.50 bits per heavy atom. The lowest BCUT2D eigenvalue weighted by Gasteiger charge is -2.52. The topological polar surface area (TPSA) is 104 Å². The van der Waals surface area contributed by atoms with E-state index in [4.69, 9.17) is 0 Å². The van der Waals surface area contributed by atoms with Gasteiger partial charge in [0.05, 0.1) is 11.6 Å². The van der Waals surface area contributed by atoms with E-state index in [0.717, 1.165) is 18.5 Å². The Labute approximate surface area is 141 Å². The summed E-state index contributed by atoms with van der Waals surface area (Å²) in [5.74, 6) is -0.0361. The van der Waals surface area contributed by atoms with Gasteiger partial charge in [-0.25, -0.2) is 4.79 Å². The molecule has 0 aromatic carbocycles. The molecule has 7 nitrogen and oxygen atoms in total. The zero-order valence-electron chi connectivity index (χ0n) is 14.2. The van der Waals surface area contributed by atoms with E-state index in [0.29, 0.717) is 18.2 Å². The Hall–Kier alpha value is -2.18. The molecule has 3 atom stereocenters. The molecule has 1 unspecified atom stereocenters. The average molecular weight is 332 g/mol. The number of hydrogen-bond acceptors (Lipinski definition) is 4. The van der Waals surface area contributed by atoms with Crippen molar-refractivity contribution in [2.75, 3.05) is 5.32 Å². The van der Waals surface area contributed by atoms with Gasteiger partial charge in [-0.3, -0.25) is 10.1 Å². The molecule has 7 heteroatoms. The summed E-state index contributed by atoms with van der Waals surface area (Å²) in [4.78, 5) is 23.3. The van der Waals surface area contributed by atoms with Gasteiger partial charge in [0.15, 0.2) is 5.82 Å². The van der Waals surface area contributed by atoms with Crippen molar-refractivity contribution in [1.29, 1.82) is 0 Å². The summed E-state index contributed by atoms with van der Waals surface area (Å²) in [5, 5.41) is 22.9. The number of anilines is 1. The first kappa shape index (κ1) is 16.7. The first-order valence-corrected chi connectivity index (χ1v) is 8.43. The molecule has 1 aromatic heterocycles. The quantitative estimate of drug-likeness (QED) is 0.769. The molecule has 3 N–H and O–H groups in total. The Morgan fingerprint density at radius 1 is 1.29 bits per heavy atom. The number of rotatable bonds is 5. The number of aromatic nitrogens is 2. The third kappa shape index (κ3) is 3.20. The molecule has 0 radical (unpaired) electrons. The molecule has 2 aliphatic rings. The van der Waals surface area contributed by atoms with Gasteiger partial charge in [-0.05, 0) is 49.7 Å². The van der Waals surface area contributed by atoms with E-state index < -0.39 is 5.97 Å². The molecular weight excluding hydrogens is 308 g/mol. The maximum atomic E-state index is 12.1. The number of carbonyl (C=O) groups excluding carboxylic acids is 1. The summed E-state index contributed by atoms with van der Waals surface area (Å²) in [6, 6.07) is 3.20. The van der Waals surface area contributed by atoms with Crippen molar-refractivity contribution in [3.05, 3.63) is 17.8 Å². The summed E-state index contributed by atoms with van der Waals surface area (Å²) in [6.07, 6.45) is 2.90. The van der Waals surface area contributed by atoms with Gasteiger partial charge in [-0.15, -0.1) is 5.10 Å². The van der Waals surface area contributed by atoms with Gasteiger partial charge in [0.2, 0.25) is 0 Å². The van der Waals surface area contributed by atoms with E-state index in [-0.39, 0.29) is 29.3 Å². The van der Waals surface area contributed by atoms with Crippen LogP contribution in [0.3, 0.4) is 0 Å². The molecule has 1 heterocycles. The minimum absolute atomic E-state index is 0.116. The van der Waals surface area contributed by atoms with Crippen LogP contribution in [0.4, 0.5) is 10.6 Å². The fourth-order valence-electron chi connectivity index (χ4n) is 3.69. The van der Waals surface area contributed by atoms with E-state index in [9.17, 15) is 14.7 Å². The molecule has 2 aliphatic carbocycles. The zero-order valence-corrected chi connectivity index (χ0v) is 14.2. The van der Waals surface area contributed by atoms with Crippen LogP contribution in [0.25, 0.3) is 0 Å². The second-order valence-electron chi connectivity index (χ2n) is 7.56. The number of carbonyl (C=O) groups is 2. The standard InChI is InChI=1S/C17H24N4O3/c1-9(11-8-12(15(22)23)17(11,2)3)18-16(24)19-14-7-6-13(20-21-14)10-4-5-10/h6-7,9-12H,4-5,8H2,1-3H3,(H,22,23)(H2,18,19,21,24)/t9?,11-,12+/m0/s1. The number of nitrogens with zero attached hydrogens (tertiary/aromatic N) is 2. The molecule has 3 rings (SSSR count). The van der Waals surface area contributed by atoms with Crippen molar-refractivity contribution >= 4 is 17.8 Å². The van der Waals surface area contributed by atoms with Crippen molar-refractivity contribution < 1.29 is 14.7 Å². The summed E-state index contributed by atoms with van der Waals surface area (Å²) in [7, 11) is 0. The van der Waals surface area contributed by atoms with Gasteiger partial charge in [-0.1, -0.05) is 13.8 Å². The van der Waals surface area contributed by atoms with E-state index in [1.54, 1.807) is 6.07 Å². The third-order valence-electron chi connectivity index (χ3n) is 5.53. The monoisotopic (exact) mass is 332 g/mol. The Balaban J connectivity index is 1.52. The zero-order chi connectivity index (χ0) is 17.5.